The summed E-state index contributed by atoms with van der Waals surface area (Å²) in [6, 6.07) is 0. The molecule has 0 bridgehead atoms. The van der Waals surface area contributed by atoms with Crippen LogP contribution >= 0.6 is 0 Å². The molecule has 36 heavy (non-hydrogen) atoms. The number of rotatable bonds is 6. The second-order valence-electron chi connectivity index (χ2n) is 14.4. The van der Waals surface area contributed by atoms with Crippen molar-refractivity contribution in [1.29, 1.82) is 0 Å². The number of aliphatic hydroxyl groups is 2. The molecule has 0 amide bonds. The van der Waals surface area contributed by atoms with Crippen LogP contribution in [-0.2, 0) is 9.53 Å². The van der Waals surface area contributed by atoms with E-state index in [0.29, 0.717) is 18.3 Å². The van der Waals surface area contributed by atoms with E-state index >= 15 is 0 Å². The maximum absolute atomic E-state index is 13.2. The second kappa shape index (κ2) is 9.26. The first-order valence-corrected chi connectivity index (χ1v) is 14.5. The van der Waals surface area contributed by atoms with E-state index in [2.05, 4.69) is 55.0 Å². The van der Waals surface area contributed by atoms with Gasteiger partial charge in [-0.1, -0.05) is 71.8 Å². The Kier molecular flexibility index (Phi) is 7.17. The van der Waals surface area contributed by atoms with Gasteiger partial charge in [-0.2, -0.15) is 0 Å². The number of carbonyl (C=O) groups excluding carboxylic acids is 1. The molecule has 4 aliphatic rings. The number of aliphatic hydroxyl groups excluding tert-OH is 2. The van der Waals surface area contributed by atoms with Crippen molar-refractivity contribution in [3.8, 4) is 0 Å². The van der Waals surface area contributed by atoms with Crippen LogP contribution in [0.15, 0.2) is 23.3 Å². The van der Waals surface area contributed by atoms with E-state index in [4.69, 9.17) is 4.74 Å². The van der Waals surface area contributed by atoms with Crippen molar-refractivity contribution in [3.63, 3.8) is 0 Å². The Morgan fingerprint density at radius 3 is 2.33 bits per heavy atom. The highest BCUT2D eigenvalue weighted by atomic mass is 16.5. The third-order valence-electron chi connectivity index (χ3n) is 12.3. The van der Waals surface area contributed by atoms with Crippen LogP contribution in [0.5, 0.6) is 0 Å². The van der Waals surface area contributed by atoms with Crippen molar-refractivity contribution in [3.05, 3.63) is 23.3 Å². The molecule has 0 saturated heterocycles. The molecule has 0 aromatic heterocycles. The predicted molar refractivity (Wildman–Crippen MR) is 145 cm³/mol. The van der Waals surface area contributed by atoms with Gasteiger partial charge in [0.05, 0.1) is 25.2 Å². The van der Waals surface area contributed by atoms with E-state index in [0.717, 1.165) is 56.9 Å². The van der Waals surface area contributed by atoms with Crippen LogP contribution in [0.2, 0.25) is 0 Å². The van der Waals surface area contributed by atoms with E-state index in [9.17, 15) is 15.0 Å². The highest BCUT2D eigenvalue weighted by molar-refractivity contribution is 5.73. The quantitative estimate of drug-likeness (QED) is 0.309. The van der Waals surface area contributed by atoms with E-state index < -0.39 is 6.10 Å². The minimum Gasteiger partial charge on any atom is -0.469 e. The lowest BCUT2D eigenvalue weighted by atomic mass is 9.43. The fraction of sp³-hybridized carbons (Fsp3) is 0.844. The normalized spacial score (nSPS) is 42.4. The number of allylic oxidation sites excluding steroid dienone is 3. The lowest BCUT2D eigenvalue weighted by Gasteiger charge is -2.62. The standard InChI is InChI=1S/C32H52O4/c1-19(2)20(3)10-11-21(28(35)36-9)27-24(33)18-32(8)23-12-13-25-29(4,5)26(34)15-16-30(25,6)22(23)14-17-31(27,32)7/h19,21,24-27,33-34H,3,10-18H2,1-2,4-9H3. The largest absolute Gasteiger partial charge is 0.469 e. The van der Waals surface area contributed by atoms with Crippen LogP contribution in [-0.4, -0.2) is 35.5 Å². The van der Waals surface area contributed by atoms with Crippen LogP contribution in [0.1, 0.15) is 106 Å². The minimum absolute atomic E-state index is 0.0836. The average Bonchev–Trinajstić information content (AvgIpc) is 3.02. The molecule has 0 radical (unpaired) electrons. The van der Waals surface area contributed by atoms with Gasteiger partial charge in [-0.3, -0.25) is 4.79 Å². The third-order valence-corrected chi connectivity index (χ3v) is 12.3. The zero-order chi connectivity index (χ0) is 26.8. The van der Waals surface area contributed by atoms with Gasteiger partial charge in [-0.25, -0.2) is 0 Å². The molecule has 4 heteroatoms. The van der Waals surface area contributed by atoms with Gasteiger partial charge in [0.25, 0.3) is 0 Å². The summed E-state index contributed by atoms with van der Waals surface area (Å²) in [5.74, 6) is 0.255. The summed E-state index contributed by atoms with van der Waals surface area (Å²) in [4.78, 5) is 13.2. The molecule has 4 rings (SSSR count). The Bertz CT molecular complexity index is 930. The summed E-state index contributed by atoms with van der Waals surface area (Å²) >= 11 is 0. The lowest BCUT2D eigenvalue weighted by Crippen LogP contribution is -2.55. The van der Waals surface area contributed by atoms with Crippen LogP contribution in [0.3, 0.4) is 0 Å². The van der Waals surface area contributed by atoms with Gasteiger partial charge in [-0.05, 0) is 91.3 Å². The summed E-state index contributed by atoms with van der Waals surface area (Å²) in [6.45, 7) is 20.3. The van der Waals surface area contributed by atoms with Gasteiger partial charge in [0, 0.05) is 5.92 Å². The Labute approximate surface area is 220 Å². The second-order valence-corrected chi connectivity index (χ2v) is 14.4. The first-order chi connectivity index (χ1) is 16.6. The lowest BCUT2D eigenvalue weighted by molar-refractivity contribution is -0.152. The molecule has 0 heterocycles. The molecule has 2 saturated carbocycles. The van der Waals surface area contributed by atoms with Gasteiger partial charge >= 0.3 is 5.97 Å². The maximum Gasteiger partial charge on any atom is 0.309 e. The molecule has 2 fully saturated rings. The topological polar surface area (TPSA) is 66.8 Å². The van der Waals surface area contributed by atoms with Crippen molar-refractivity contribution in [2.75, 3.05) is 7.11 Å². The van der Waals surface area contributed by atoms with E-state index in [1.165, 1.54) is 7.11 Å². The average molecular weight is 501 g/mol. The zero-order valence-electron chi connectivity index (χ0n) is 24.2. The number of fused-ring (bicyclic) bond motifs is 4. The van der Waals surface area contributed by atoms with Gasteiger partial charge < -0.3 is 14.9 Å². The Hall–Kier alpha value is -1.13. The van der Waals surface area contributed by atoms with Crippen LogP contribution in [0.25, 0.3) is 0 Å². The molecule has 0 aromatic carbocycles. The summed E-state index contributed by atoms with van der Waals surface area (Å²) < 4.78 is 5.33. The number of methoxy groups -OCH3 is 1. The van der Waals surface area contributed by atoms with E-state index in [1.54, 1.807) is 11.1 Å². The highest BCUT2D eigenvalue weighted by Crippen LogP contribution is 2.72. The fourth-order valence-corrected chi connectivity index (χ4v) is 9.72. The minimum atomic E-state index is -0.515. The number of ether oxygens (including phenoxy) is 1. The molecule has 2 N–H and O–H groups in total. The van der Waals surface area contributed by atoms with Crippen LogP contribution < -0.4 is 0 Å². The van der Waals surface area contributed by atoms with Crippen molar-refractivity contribution in [2.45, 2.75) is 118 Å². The third kappa shape index (κ3) is 3.87. The Morgan fingerprint density at radius 2 is 1.72 bits per heavy atom. The SMILES string of the molecule is C=C(CCC(C(=O)OC)C1C(O)CC2(C)C3=C(CCC12C)C1(C)CCC(O)C(C)(C)C1CC3)C(C)C. The fourth-order valence-electron chi connectivity index (χ4n) is 9.72. The van der Waals surface area contributed by atoms with Crippen molar-refractivity contribution >= 4 is 5.97 Å². The molecule has 4 aliphatic carbocycles. The van der Waals surface area contributed by atoms with Gasteiger partial charge in [0.15, 0.2) is 0 Å². The van der Waals surface area contributed by atoms with Gasteiger partial charge in [-0.15, -0.1) is 0 Å². The van der Waals surface area contributed by atoms with Crippen molar-refractivity contribution in [2.24, 2.45) is 45.3 Å². The first-order valence-electron chi connectivity index (χ1n) is 14.5. The highest BCUT2D eigenvalue weighted by Gasteiger charge is 2.66. The smallest absolute Gasteiger partial charge is 0.309 e. The van der Waals surface area contributed by atoms with Crippen molar-refractivity contribution in [1.82, 2.24) is 0 Å². The molecular weight excluding hydrogens is 448 g/mol. The van der Waals surface area contributed by atoms with Crippen molar-refractivity contribution < 1.29 is 19.7 Å². The summed E-state index contributed by atoms with van der Waals surface area (Å²) in [6.07, 6.45) is 7.53. The predicted octanol–water partition coefficient (Wildman–Crippen LogP) is 6.85. The van der Waals surface area contributed by atoms with Crippen LogP contribution in [0, 0.1) is 45.3 Å². The molecule has 8 atom stereocenters. The summed E-state index contributed by atoms with van der Waals surface area (Å²) in [5, 5.41) is 22.5. The number of hydrogen-bond acceptors (Lipinski definition) is 4. The number of carbonyl (C=O) groups is 1. The molecule has 4 nitrogen and oxygen atoms in total. The summed E-state index contributed by atoms with van der Waals surface area (Å²) in [7, 11) is 1.48. The Morgan fingerprint density at radius 1 is 1.06 bits per heavy atom. The molecule has 0 spiro atoms. The van der Waals surface area contributed by atoms with Crippen LogP contribution in [0.4, 0.5) is 0 Å². The molecule has 204 valence electrons. The zero-order valence-corrected chi connectivity index (χ0v) is 24.2. The van der Waals surface area contributed by atoms with E-state index in [-0.39, 0.29) is 45.6 Å². The molecule has 8 unspecified atom stereocenters. The molecule has 0 aromatic rings. The van der Waals surface area contributed by atoms with Gasteiger partial charge in [0.1, 0.15) is 0 Å². The monoisotopic (exact) mass is 500 g/mol. The number of hydrogen-bond donors (Lipinski definition) is 2. The Balaban J connectivity index is 1.73. The first kappa shape index (κ1) is 27.9. The number of esters is 1. The summed E-state index contributed by atoms with van der Waals surface area (Å²) in [5.41, 5.74) is 4.09. The maximum atomic E-state index is 13.2. The molecular formula is C32H52O4. The molecule has 0 aliphatic heterocycles. The van der Waals surface area contributed by atoms with Gasteiger partial charge in [0.2, 0.25) is 0 Å². The van der Waals surface area contributed by atoms with E-state index in [1.807, 2.05) is 0 Å².